The zero-order valence-electron chi connectivity index (χ0n) is 8.05. The molecular weight excluding hydrogens is 325 g/mol. The number of alkyl halides is 3. The van der Waals surface area contributed by atoms with Crippen molar-refractivity contribution in [3.05, 3.63) is 11.6 Å². The molecule has 0 fully saturated rings. The molecule has 0 N–H and O–H groups in total. The molecule has 0 heterocycles. The van der Waals surface area contributed by atoms with E-state index in [9.17, 15) is 18.4 Å². The molecule has 0 atom stereocenters. The number of ether oxygens (including phenoxy) is 2. The monoisotopic (exact) mass is 334 g/mol. The van der Waals surface area contributed by atoms with Crippen molar-refractivity contribution in [2.24, 2.45) is 0 Å². The summed E-state index contributed by atoms with van der Waals surface area (Å²) in [5.41, 5.74) is -0.804. The normalized spacial score (nSPS) is 10.5. The third-order valence-corrected chi connectivity index (χ3v) is 2.36. The van der Waals surface area contributed by atoms with Crippen LogP contribution in [0.15, 0.2) is 11.6 Å². The average Bonchev–Trinajstić information content (AvgIpc) is 2.23. The fourth-order valence-corrected chi connectivity index (χ4v) is 0.891. The highest BCUT2D eigenvalue weighted by Crippen LogP contribution is 2.21. The molecule has 0 aliphatic carbocycles. The predicted octanol–water partition coefficient (Wildman–Crippen LogP) is 1.33. The summed E-state index contributed by atoms with van der Waals surface area (Å²) >= 11 is 1.44. The van der Waals surface area contributed by atoms with Crippen molar-refractivity contribution in [2.75, 3.05) is 18.6 Å². The molecule has 0 spiro atoms. The number of rotatable bonds is 4. The summed E-state index contributed by atoms with van der Waals surface area (Å²) < 4.78 is 33.6. The van der Waals surface area contributed by atoms with Gasteiger partial charge in [-0.05, 0) is 0 Å². The van der Waals surface area contributed by atoms with E-state index in [1.54, 1.807) is 0 Å². The molecule has 0 amide bonds. The maximum absolute atomic E-state index is 12.9. The van der Waals surface area contributed by atoms with Gasteiger partial charge in [0, 0.05) is 6.08 Å². The maximum Gasteiger partial charge on any atom is 0.345 e. The first kappa shape index (κ1) is 14.3. The van der Waals surface area contributed by atoms with Crippen LogP contribution in [-0.2, 0) is 19.1 Å². The fraction of sp³-hybridized carbons (Fsp3) is 0.500. The van der Waals surface area contributed by atoms with Gasteiger partial charge in [0.15, 0.2) is 0 Å². The second-order valence-corrected chi connectivity index (χ2v) is 3.20. The van der Waals surface area contributed by atoms with Crippen LogP contribution in [-0.4, -0.2) is 36.5 Å². The van der Waals surface area contributed by atoms with Gasteiger partial charge in [-0.3, -0.25) is 0 Å². The van der Waals surface area contributed by atoms with Crippen LogP contribution in [0.25, 0.3) is 0 Å². The summed E-state index contributed by atoms with van der Waals surface area (Å²) in [4.78, 5) is 22.0. The van der Waals surface area contributed by atoms with E-state index < -0.39 is 27.9 Å². The predicted molar refractivity (Wildman–Crippen MR) is 55.9 cm³/mol. The summed E-state index contributed by atoms with van der Waals surface area (Å²) in [6.07, 6.45) is 0.247. The molecule has 7 heteroatoms. The Morgan fingerprint density at radius 1 is 1.27 bits per heavy atom. The van der Waals surface area contributed by atoms with Crippen LogP contribution < -0.4 is 0 Å². The molecule has 4 nitrogen and oxygen atoms in total. The van der Waals surface area contributed by atoms with Gasteiger partial charge >= 0.3 is 11.9 Å². The van der Waals surface area contributed by atoms with Gasteiger partial charge in [0.1, 0.15) is 5.57 Å². The first-order valence-electron chi connectivity index (χ1n) is 3.71. The molecular formula is C8H9F2IO4. The van der Waals surface area contributed by atoms with E-state index in [4.69, 9.17) is 0 Å². The Morgan fingerprint density at radius 2 is 1.67 bits per heavy atom. The molecule has 0 rings (SSSR count). The van der Waals surface area contributed by atoms with Crippen molar-refractivity contribution < 1.29 is 27.8 Å². The van der Waals surface area contributed by atoms with Crippen LogP contribution in [0.1, 0.15) is 0 Å². The first-order valence-corrected chi connectivity index (χ1v) is 5.23. The van der Waals surface area contributed by atoms with Gasteiger partial charge in [-0.2, -0.15) is 0 Å². The van der Waals surface area contributed by atoms with Crippen molar-refractivity contribution >= 4 is 34.5 Å². The molecule has 0 saturated heterocycles. The van der Waals surface area contributed by atoms with Crippen LogP contribution in [0, 0.1) is 0 Å². The Kier molecular flexibility index (Phi) is 5.69. The van der Waals surface area contributed by atoms with Gasteiger partial charge in [-0.15, -0.1) is 0 Å². The van der Waals surface area contributed by atoms with Crippen LogP contribution in [0.2, 0.25) is 0 Å². The SMILES string of the molecule is COC(=O)C(=CC(F)(F)CI)C(=O)OC. The van der Waals surface area contributed by atoms with Crippen molar-refractivity contribution in [1.82, 2.24) is 0 Å². The van der Waals surface area contributed by atoms with Crippen molar-refractivity contribution in [1.29, 1.82) is 0 Å². The second-order valence-electron chi connectivity index (χ2n) is 2.44. The van der Waals surface area contributed by atoms with E-state index in [0.717, 1.165) is 14.2 Å². The summed E-state index contributed by atoms with van der Waals surface area (Å²) in [6.45, 7) is 0. The smallest absolute Gasteiger partial charge is 0.345 e. The van der Waals surface area contributed by atoms with Crippen molar-refractivity contribution in [3.63, 3.8) is 0 Å². The van der Waals surface area contributed by atoms with Gasteiger partial charge in [-0.25, -0.2) is 18.4 Å². The summed E-state index contributed by atoms with van der Waals surface area (Å²) in [5.74, 6) is -5.55. The molecule has 0 radical (unpaired) electrons. The molecule has 86 valence electrons. The third kappa shape index (κ3) is 4.54. The van der Waals surface area contributed by atoms with E-state index >= 15 is 0 Å². The average molecular weight is 334 g/mol. The van der Waals surface area contributed by atoms with E-state index in [2.05, 4.69) is 9.47 Å². The molecule has 0 aromatic heterocycles. The summed E-state index contributed by atoms with van der Waals surface area (Å²) in [5, 5.41) is 0. The second kappa shape index (κ2) is 5.99. The van der Waals surface area contributed by atoms with Gasteiger partial charge < -0.3 is 9.47 Å². The zero-order valence-corrected chi connectivity index (χ0v) is 10.2. The highest BCUT2D eigenvalue weighted by Gasteiger charge is 2.30. The molecule has 0 bridgehead atoms. The molecule has 0 unspecified atom stereocenters. The minimum Gasteiger partial charge on any atom is -0.465 e. The number of esters is 2. The summed E-state index contributed by atoms with van der Waals surface area (Å²) in [7, 11) is 1.97. The van der Waals surface area contributed by atoms with Gasteiger partial charge in [-0.1, -0.05) is 22.6 Å². The van der Waals surface area contributed by atoms with E-state index in [-0.39, 0.29) is 6.08 Å². The Balaban J connectivity index is 5.11. The number of allylic oxidation sites excluding steroid dienone is 1. The van der Waals surface area contributed by atoms with Gasteiger partial charge in [0.25, 0.3) is 5.92 Å². The minimum absolute atomic E-state index is 0.247. The van der Waals surface area contributed by atoms with E-state index in [0.29, 0.717) is 0 Å². The van der Waals surface area contributed by atoms with Gasteiger partial charge in [0.05, 0.1) is 18.6 Å². The quantitative estimate of drug-likeness (QED) is 0.194. The Hall–Kier alpha value is -0.730. The highest BCUT2D eigenvalue weighted by atomic mass is 127. The van der Waals surface area contributed by atoms with E-state index in [1.807, 2.05) is 0 Å². The standard InChI is InChI=1S/C8H9F2IO4/c1-14-6(12)5(7(13)15-2)3-8(9,10)4-11/h3H,4H2,1-2H3. The molecule has 15 heavy (non-hydrogen) atoms. The number of hydrogen-bond donors (Lipinski definition) is 0. The number of carbonyl (C=O) groups is 2. The summed E-state index contributed by atoms with van der Waals surface area (Å²) in [6, 6.07) is 0. The highest BCUT2D eigenvalue weighted by molar-refractivity contribution is 14.1. The Bertz CT molecular complexity index is 270. The lowest BCUT2D eigenvalue weighted by molar-refractivity contribution is -0.144. The van der Waals surface area contributed by atoms with Crippen LogP contribution in [0.5, 0.6) is 0 Å². The van der Waals surface area contributed by atoms with Crippen molar-refractivity contribution in [3.8, 4) is 0 Å². The Labute approximate surface area is 98.7 Å². The molecule has 0 aliphatic rings. The van der Waals surface area contributed by atoms with Crippen LogP contribution >= 0.6 is 22.6 Å². The first-order chi connectivity index (χ1) is 6.87. The largest absolute Gasteiger partial charge is 0.465 e. The number of methoxy groups -OCH3 is 2. The molecule has 0 saturated carbocycles. The maximum atomic E-state index is 12.9. The fourth-order valence-electron chi connectivity index (χ4n) is 0.671. The van der Waals surface area contributed by atoms with Crippen LogP contribution in [0.4, 0.5) is 8.78 Å². The molecule has 0 aromatic rings. The number of carbonyl (C=O) groups excluding carboxylic acids is 2. The molecule has 0 aliphatic heterocycles. The Morgan fingerprint density at radius 3 is 1.93 bits per heavy atom. The lowest BCUT2D eigenvalue weighted by atomic mass is 10.2. The van der Waals surface area contributed by atoms with Gasteiger partial charge in [0.2, 0.25) is 0 Å². The van der Waals surface area contributed by atoms with E-state index in [1.165, 1.54) is 22.6 Å². The molecule has 0 aromatic carbocycles. The lowest BCUT2D eigenvalue weighted by Crippen LogP contribution is -2.22. The zero-order chi connectivity index (χ0) is 12.1. The van der Waals surface area contributed by atoms with Crippen LogP contribution in [0.3, 0.4) is 0 Å². The number of halogens is 3. The lowest BCUT2D eigenvalue weighted by Gasteiger charge is -2.09. The third-order valence-electron chi connectivity index (χ3n) is 1.34. The van der Waals surface area contributed by atoms with Crippen molar-refractivity contribution in [2.45, 2.75) is 5.92 Å². The number of hydrogen-bond acceptors (Lipinski definition) is 4. The minimum atomic E-state index is -3.25. The topological polar surface area (TPSA) is 52.6 Å².